The van der Waals surface area contributed by atoms with Gasteiger partial charge in [0.15, 0.2) is 0 Å². The van der Waals surface area contributed by atoms with Gasteiger partial charge in [-0.05, 0) is 18.9 Å². The average Bonchev–Trinajstić information content (AvgIpc) is 2.49. The molecule has 0 radical (unpaired) electrons. The topological polar surface area (TPSA) is 110 Å². The van der Waals surface area contributed by atoms with Crippen LogP contribution in [0.5, 0.6) is 0 Å². The summed E-state index contributed by atoms with van der Waals surface area (Å²) in [6, 6.07) is 3.73. The lowest BCUT2D eigenvalue weighted by Gasteiger charge is -2.06. The molecule has 0 atom stereocenters. The number of hydrogen-bond donors (Lipinski definition) is 2. The summed E-state index contributed by atoms with van der Waals surface area (Å²) in [5.41, 5.74) is 0.0478. The van der Waals surface area contributed by atoms with Gasteiger partial charge in [-0.25, -0.2) is 0 Å². The summed E-state index contributed by atoms with van der Waals surface area (Å²) in [6.45, 7) is 0.477. The molecule has 1 amide bonds. The number of hydrogen-bond acceptors (Lipinski definition) is 4. The number of nitrogens with zero attached hydrogens (tertiary/aromatic N) is 1. The van der Waals surface area contributed by atoms with Crippen molar-refractivity contribution in [2.45, 2.75) is 38.5 Å². The fourth-order valence-corrected chi connectivity index (χ4v) is 2.29. The molecule has 7 nitrogen and oxygen atoms in total. The minimum Gasteiger partial charge on any atom is -0.481 e. The molecule has 0 fully saturated rings. The van der Waals surface area contributed by atoms with E-state index in [1.54, 1.807) is 0 Å². The van der Waals surface area contributed by atoms with Crippen LogP contribution in [0.25, 0.3) is 0 Å². The van der Waals surface area contributed by atoms with Crippen LogP contribution < -0.4 is 5.32 Å². The number of benzene rings is 1. The third-order valence-electron chi connectivity index (χ3n) is 3.26. The summed E-state index contributed by atoms with van der Waals surface area (Å²) in [7, 11) is 0. The molecule has 0 spiro atoms. The number of halogens is 1. The Morgan fingerprint density at radius 1 is 1.17 bits per heavy atom. The van der Waals surface area contributed by atoms with Gasteiger partial charge in [0.1, 0.15) is 0 Å². The van der Waals surface area contributed by atoms with Crippen molar-refractivity contribution in [1.82, 2.24) is 5.32 Å². The molecule has 0 aliphatic heterocycles. The number of rotatable bonds is 10. The zero-order valence-electron chi connectivity index (χ0n) is 12.6. The molecule has 8 heteroatoms. The van der Waals surface area contributed by atoms with Crippen molar-refractivity contribution in [3.8, 4) is 0 Å². The first-order valence-corrected chi connectivity index (χ1v) is 7.73. The first-order valence-electron chi connectivity index (χ1n) is 7.35. The monoisotopic (exact) mass is 342 g/mol. The molecule has 126 valence electrons. The maximum atomic E-state index is 11.9. The van der Waals surface area contributed by atoms with Crippen molar-refractivity contribution >= 4 is 29.2 Å². The Labute approximate surface area is 138 Å². The van der Waals surface area contributed by atoms with Crippen molar-refractivity contribution in [2.75, 3.05) is 6.54 Å². The summed E-state index contributed by atoms with van der Waals surface area (Å²) in [5, 5.41) is 21.9. The third-order valence-corrected chi connectivity index (χ3v) is 3.57. The highest BCUT2D eigenvalue weighted by Crippen LogP contribution is 2.22. The molecule has 1 rings (SSSR count). The number of carboxylic acids is 1. The Hall–Kier alpha value is -2.15. The molecular weight excluding hydrogens is 324 g/mol. The van der Waals surface area contributed by atoms with Gasteiger partial charge >= 0.3 is 5.97 Å². The quantitative estimate of drug-likeness (QED) is 0.384. The van der Waals surface area contributed by atoms with E-state index >= 15 is 0 Å². The van der Waals surface area contributed by atoms with Gasteiger partial charge in [-0.15, -0.1) is 0 Å². The molecule has 0 aliphatic carbocycles. The number of nitro benzene ring substituents is 1. The van der Waals surface area contributed by atoms with Crippen LogP contribution in [-0.4, -0.2) is 28.5 Å². The average molecular weight is 343 g/mol. The second kappa shape index (κ2) is 9.78. The zero-order valence-corrected chi connectivity index (χ0v) is 13.3. The van der Waals surface area contributed by atoms with E-state index in [0.29, 0.717) is 13.0 Å². The first kappa shape index (κ1) is 18.9. The Morgan fingerprint density at radius 3 is 2.43 bits per heavy atom. The summed E-state index contributed by atoms with van der Waals surface area (Å²) in [6.07, 6.45) is 4.31. The number of nitro groups is 1. The van der Waals surface area contributed by atoms with Gasteiger partial charge in [0.2, 0.25) is 0 Å². The first-order chi connectivity index (χ1) is 10.9. The van der Waals surface area contributed by atoms with Crippen LogP contribution in [0.1, 0.15) is 48.9 Å². The molecule has 0 aliphatic rings. The summed E-state index contributed by atoms with van der Waals surface area (Å²) >= 11 is 5.88. The normalized spacial score (nSPS) is 10.3. The largest absolute Gasteiger partial charge is 0.481 e. The number of amides is 1. The van der Waals surface area contributed by atoms with E-state index in [-0.39, 0.29) is 28.6 Å². The lowest BCUT2D eigenvalue weighted by molar-refractivity contribution is -0.384. The molecular formula is C15H19ClN2O5. The van der Waals surface area contributed by atoms with Crippen molar-refractivity contribution in [3.63, 3.8) is 0 Å². The molecule has 0 bridgehead atoms. The Kier molecular flexibility index (Phi) is 8.04. The zero-order chi connectivity index (χ0) is 17.2. The van der Waals surface area contributed by atoms with Crippen LogP contribution in [0.15, 0.2) is 18.2 Å². The number of carbonyl (C=O) groups excluding carboxylic acids is 1. The molecule has 2 N–H and O–H groups in total. The van der Waals surface area contributed by atoms with Crippen LogP contribution in [0.2, 0.25) is 5.02 Å². The summed E-state index contributed by atoms with van der Waals surface area (Å²) in [4.78, 5) is 32.3. The van der Waals surface area contributed by atoms with E-state index < -0.39 is 10.9 Å². The van der Waals surface area contributed by atoms with E-state index in [0.717, 1.165) is 31.7 Å². The fraction of sp³-hybridized carbons (Fsp3) is 0.467. The van der Waals surface area contributed by atoms with Gasteiger partial charge < -0.3 is 10.4 Å². The van der Waals surface area contributed by atoms with Gasteiger partial charge in [0, 0.05) is 25.1 Å². The summed E-state index contributed by atoms with van der Waals surface area (Å²) < 4.78 is 0. The molecule has 23 heavy (non-hydrogen) atoms. The van der Waals surface area contributed by atoms with E-state index in [1.807, 2.05) is 0 Å². The van der Waals surface area contributed by atoms with Crippen LogP contribution in [0.3, 0.4) is 0 Å². The Balaban J connectivity index is 2.27. The van der Waals surface area contributed by atoms with Gasteiger partial charge in [-0.2, -0.15) is 0 Å². The maximum Gasteiger partial charge on any atom is 0.303 e. The lowest BCUT2D eigenvalue weighted by atomic mass is 10.1. The van der Waals surface area contributed by atoms with Gasteiger partial charge in [-0.1, -0.05) is 30.9 Å². The van der Waals surface area contributed by atoms with Crippen LogP contribution in [-0.2, 0) is 4.79 Å². The molecule has 0 aromatic heterocycles. The van der Waals surface area contributed by atoms with Crippen LogP contribution >= 0.6 is 11.6 Å². The van der Waals surface area contributed by atoms with Crippen molar-refractivity contribution in [3.05, 3.63) is 38.9 Å². The van der Waals surface area contributed by atoms with E-state index in [9.17, 15) is 19.7 Å². The number of aliphatic carboxylic acids is 1. The number of nitrogens with one attached hydrogen (secondary N) is 1. The van der Waals surface area contributed by atoms with Gasteiger partial charge in [-0.3, -0.25) is 19.7 Å². The van der Waals surface area contributed by atoms with E-state index in [1.165, 1.54) is 12.1 Å². The van der Waals surface area contributed by atoms with Crippen molar-refractivity contribution in [1.29, 1.82) is 0 Å². The number of unbranched alkanes of at least 4 members (excludes halogenated alkanes) is 4. The minimum absolute atomic E-state index is 0.0466. The Morgan fingerprint density at radius 2 is 1.83 bits per heavy atom. The second-order valence-corrected chi connectivity index (χ2v) is 5.50. The minimum atomic E-state index is -0.780. The number of carboxylic acid groups (broad SMARTS) is 1. The Bertz CT molecular complexity index is 577. The predicted molar refractivity (Wildman–Crippen MR) is 85.8 cm³/mol. The highest BCUT2D eigenvalue weighted by Gasteiger charge is 2.14. The number of carbonyl (C=O) groups is 2. The molecule has 1 aromatic carbocycles. The second-order valence-electron chi connectivity index (χ2n) is 5.09. The molecule has 0 unspecified atom stereocenters. The van der Waals surface area contributed by atoms with Crippen LogP contribution in [0, 0.1) is 10.1 Å². The third kappa shape index (κ3) is 7.10. The van der Waals surface area contributed by atoms with Crippen molar-refractivity contribution in [2.24, 2.45) is 0 Å². The molecule has 1 aromatic rings. The SMILES string of the molecule is O=C(O)CCCCCCCNC(=O)c1ccc([N+](=O)[O-])cc1Cl. The van der Waals surface area contributed by atoms with E-state index in [4.69, 9.17) is 16.7 Å². The van der Waals surface area contributed by atoms with E-state index in [2.05, 4.69) is 5.32 Å². The molecule has 0 heterocycles. The highest BCUT2D eigenvalue weighted by molar-refractivity contribution is 6.34. The van der Waals surface area contributed by atoms with Crippen molar-refractivity contribution < 1.29 is 19.6 Å². The molecule has 0 saturated carbocycles. The van der Waals surface area contributed by atoms with Gasteiger partial charge in [0.05, 0.1) is 15.5 Å². The smallest absolute Gasteiger partial charge is 0.303 e. The predicted octanol–water partition coefficient (Wildman–Crippen LogP) is 3.40. The lowest BCUT2D eigenvalue weighted by Crippen LogP contribution is -2.24. The molecule has 0 saturated heterocycles. The van der Waals surface area contributed by atoms with Crippen LogP contribution in [0.4, 0.5) is 5.69 Å². The summed E-state index contributed by atoms with van der Waals surface area (Å²) in [5.74, 6) is -1.15. The maximum absolute atomic E-state index is 11.9. The standard InChI is InChI=1S/C15H19ClN2O5/c16-13-10-11(18(22)23)7-8-12(13)15(21)17-9-5-3-1-2-4-6-14(19)20/h7-8,10H,1-6,9H2,(H,17,21)(H,19,20). The number of non-ortho nitro benzene ring substituents is 1. The highest BCUT2D eigenvalue weighted by atomic mass is 35.5. The fourth-order valence-electron chi connectivity index (χ4n) is 2.03. The van der Waals surface area contributed by atoms with Gasteiger partial charge in [0.25, 0.3) is 11.6 Å².